The molecule has 0 saturated carbocycles. The lowest BCUT2D eigenvalue weighted by atomic mass is 9.88. The van der Waals surface area contributed by atoms with Crippen LogP contribution >= 0.6 is 0 Å². The van der Waals surface area contributed by atoms with E-state index in [1.165, 1.54) is 0 Å². The van der Waals surface area contributed by atoms with Gasteiger partial charge < -0.3 is 15.3 Å². The smallest absolute Gasteiger partial charge is 0.317 e. The van der Waals surface area contributed by atoms with Crippen LogP contribution in [-0.4, -0.2) is 65.7 Å². The lowest BCUT2D eigenvalue weighted by molar-refractivity contribution is -0.147. The Morgan fingerprint density at radius 1 is 1.35 bits per heavy atom. The Hall–Kier alpha value is -1.30. The Bertz CT molecular complexity index is 362. The number of amides is 2. The van der Waals surface area contributed by atoms with E-state index in [0.717, 1.165) is 13.1 Å². The molecule has 1 aliphatic heterocycles. The number of rotatable bonds is 5. The highest BCUT2D eigenvalue weighted by molar-refractivity contribution is 5.78. The fraction of sp³-hybridized carbons (Fsp3) is 0.857. The molecule has 6 heteroatoms. The molecule has 0 aromatic rings. The third-order valence-corrected chi connectivity index (χ3v) is 4.38. The van der Waals surface area contributed by atoms with Gasteiger partial charge in [-0.15, -0.1) is 0 Å². The third-order valence-electron chi connectivity index (χ3n) is 4.38. The largest absolute Gasteiger partial charge is 0.481 e. The van der Waals surface area contributed by atoms with Crippen molar-refractivity contribution < 1.29 is 14.7 Å². The minimum absolute atomic E-state index is 0.159. The average molecular weight is 285 g/mol. The summed E-state index contributed by atoms with van der Waals surface area (Å²) in [5, 5.41) is 12.0. The Labute approximate surface area is 121 Å². The zero-order valence-corrected chi connectivity index (χ0v) is 13.0. The molecular formula is C14H27N3O3. The van der Waals surface area contributed by atoms with Gasteiger partial charge in [0, 0.05) is 32.2 Å². The molecule has 0 aliphatic carbocycles. The van der Waals surface area contributed by atoms with Gasteiger partial charge in [0.1, 0.15) is 0 Å². The molecule has 2 atom stereocenters. The topological polar surface area (TPSA) is 72.9 Å². The van der Waals surface area contributed by atoms with Crippen LogP contribution in [0.25, 0.3) is 0 Å². The number of nitrogens with one attached hydrogen (secondary N) is 1. The average Bonchev–Trinajstić information content (AvgIpc) is 2.43. The number of hydrogen-bond acceptors (Lipinski definition) is 3. The Kier molecular flexibility index (Phi) is 5.80. The van der Waals surface area contributed by atoms with Crippen LogP contribution in [0.15, 0.2) is 0 Å². The standard InChI is InChI=1S/C14H27N3O3/c1-5-14(4,12(18)19)10-15-13(20)17-8-7-16(6-2)11(3)9-17/h11H,5-10H2,1-4H3,(H,15,20)(H,18,19). The van der Waals surface area contributed by atoms with E-state index in [1.807, 2.05) is 6.92 Å². The van der Waals surface area contributed by atoms with Crippen LogP contribution in [0, 0.1) is 5.41 Å². The van der Waals surface area contributed by atoms with Crippen molar-refractivity contribution in [1.82, 2.24) is 15.1 Å². The van der Waals surface area contributed by atoms with Crippen molar-refractivity contribution >= 4 is 12.0 Å². The predicted molar refractivity (Wildman–Crippen MR) is 77.7 cm³/mol. The van der Waals surface area contributed by atoms with Crippen LogP contribution in [-0.2, 0) is 4.79 Å². The highest BCUT2D eigenvalue weighted by Crippen LogP contribution is 2.20. The van der Waals surface area contributed by atoms with E-state index in [1.54, 1.807) is 11.8 Å². The zero-order chi connectivity index (χ0) is 15.3. The lowest BCUT2D eigenvalue weighted by Gasteiger charge is -2.39. The number of aliphatic carboxylic acids is 1. The van der Waals surface area contributed by atoms with E-state index >= 15 is 0 Å². The van der Waals surface area contributed by atoms with E-state index < -0.39 is 11.4 Å². The van der Waals surface area contributed by atoms with Crippen LogP contribution in [0.5, 0.6) is 0 Å². The van der Waals surface area contributed by atoms with Crippen LogP contribution in [0.4, 0.5) is 4.79 Å². The maximum atomic E-state index is 12.1. The van der Waals surface area contributed by atoms with E-state index in [2.05, 4.69) is 24.1 Å². The second kappa shape index (κ2) is 6.92. The molecule has 2 amide bonds. The summed E-state index contributed by atoms with van der Waals surface area (Å²) in [6.45, 7) is 11.1. The second-order valence-electron chi connectivity index (χ2n) is 5.80. The fourth-order valence-corrected chi connectivity index (χ4v) is 2.38. The third kappa shape index (κ3) is 3.85. The summed E-state index contributed by atoms with van der Waals surface area (Å²) in [7, 11) is 0. The van der Waals surface area contributed by atoms with Crippen LogP contribution < -0.4 is 5.32 Å². The quantitative estimate of drug-likeness (QED) is 0.796. The summed E-state index contributed by atoms with van der Waals surface area (Å²) in [4.78, 5) is 27.4. The van der Waals surface area contributed by atoms with E-state index in [-0.39, 0.29) is 12.6 Å². The van der Waals surface area contributed by atoms with Gasteiger partial charge in [0.15, 0.2) is 0 Å². The van der Waals surface area contributed by atoms with E-state index in [9.17, 15) is 14.7 Å². The van der Waals surface area contributed by atoms with Crippen molar-refractivity contribution in [3.63, 3.8) is 0 Å². The Morgan fingerprint density at radius 3 is 2.45 bits per heavy atom. The van der Waals surface area contributed by atoms with Gasteiger partial charge in [0.2, 0.25) is 0 Å². The minimum Gasteiger partial charge on any atom is -0.481 e. The number of piperazine rings is 1. The maximum Gasteiger partial charge on any atom is 0.317 e. The summed E-state index contributed by atoms with van der Waals surface area (Å²) in [6.07, 6.45) is 0.489. The first-order valence-corrected chi connectivity index (χ1v) is 7.34. The van der Waals surface area contributed by atoms with Crippen LogP contribution in [0.1, 0.15) is 34.1 Å². The molecule has 1 fully saturated rings. The molecule has 2 N–H and O–H groups in total. The number of carbonyl (C=O) groups is 2. The Balaban J connectivity index is 2.50. The van der Waals surface area contributed by atoms with Gasteiger partial charge in [-0.05, 0) is 26.8 Å². The molecule has 1 saturated heterocycles. The molecule has 1 rings (SSSR count). The fourth-order valence-electron chi connectivity index (χ4n) is 2.38. The van der Waals surface area contributed by atoms with E-state index in [0.29, 0.717) is 25.6 Å². The number of urea groups is 1. The number of carbonyl (C=O) groups excluding carboxylic acids is 1. The number of likely N-dealkylation sites (N-methyl/N-ethyl adjacent to an activating group) is 1. The number of carboxylic acids is 1. The van der Waals surface area contributed by atoms with Gasteiger partial charge >= 0.3 is 12.0 Å². The van der Waals surface area contributed by atoms with Crippen LogP contribution in [0.2, 0.25) is 0 Å². The zero-order valence-electron chi connectivity index (χ0n) is 13.0. The second-order valence-corrected chi connectivity index (χ2v) is 5.80. The number of hydrogen-bond donors (Lipinski definition) is 2. The van der Waals surface area contributed by atoms with Gasteiger partial charge in [-0.2, -0.15) is 0 Å². The van der Waals surface area contributed by atoms with Gasteiger partial charge in [-0.1, -0.05) is 13.8 Å². The molecule has 0 aromatic heterocycles. The molecule has 2 unspecified atom stereocenters. The molecule has 0 spiro atoms. The first kappa shape index (κ1) is 16.8. The summed E-state index contributed by atoms with van der Waals surface area (Å²) in [5.41, 5.74) is -0.896. The summed E-state index contributed by atoms with van der Waals surface area (Å²) in [5.74, 6) is -0.871. The highest BCUT2D eigenvalue weighted by atomic mass is 16.4. The highest BCUT2D eigenvalue weighted by Gasteiger charge is 2.33. The predicted octanol–water partition coefficient (Wildman–Crippen LogP) is 1.22. The van der Waals surface area contributed by atoms with Gasteiger partial charge in [-0.25, -0.2) is 4.79 Å². The molecule has 0 radical (unpaired) electrons. The van der Waals surface area contributed by atoms with Crippen molar-refractivity contribution in [2.75, 3.05) is 32.7 Å². The Morgan fingerprint density at radius 2 is 2.00 bits per heavy atom. The molecule has 116 valence electrons. The summed E-state index contributed by atoms with van der Waals surface area (Å²) in [6, 6.07) is 0.185. The maximum absolute atomic E-state index is 12.1. The normalized spacial score (nSPS) is 23.2. The van der Waals surface area contributed by atoms with Crippen molar-refractivity contribution in [2.45, 2.75) is 40.2 Å². The minimum atomic E-state index is -0.896. The number of carboxylic acid groups (broad SMARTS) is 1. The van der Waals surface area contributed by atoms with Gasteiger partial charge in [0.05, 0.1) is 5.41 Å². The number of nitrogens with zero attached hydrogens (tertiary/aromatic N) is 2. The van der Waals surface area contributed by atoms with Gasteiger partial charge in [-0.3, -0.25) is 9.69 Å². The molecule has 6 nitrogen and oxygen atoms in total. The molecule has 0 bridgehead atoms. The van der Waals surface area contributed by atoms with E-state index in [4.69, 9.17) is 0 Å². The summed E-state index contributed by atoms with van der Waals surface area (Å²) < 4.78 is 0. The SMILES string of the molecule is CCN1CCN(C(=O)NCC(C)(CC)C(=O)O)CC1C. The molecule has 1 heterocycles. The first-order chi connectivity index (χ1) is 9.34. The first-order valence-electron chi connectivity index (χ1n) is 7.34. The molecule has 0 aromatic carbocycles. The van der Waals surface area contributed by atoms with Crippen molar-refractivity contribution in [3.8, 4) is 0 Å². The molecular weight excluding hydrogens is 258 g/mol. The molecule has 1 aliphatic rings. The summed E-state index contributed by atoms with van der Waals surface area (Å²) >= 11 is 0. The lowest BCUT2D eigenvalue weighted by Crippen LogP contribution is -2.56. The molecule has 20 heavy (non-hydrogen) atoms. The van der Waals surface area contributed by atoms with Gasteiger partial charge in [0.25, 0.3) is 0 Å². The monoisotopic (exact) mass is 285 g/mol. The van der Waals surface area contributed by atoms with Crippen molar-refractivity contribution in [1.29, 1.82) is 0 Å². The van der Waals surface area contributed by atoms with Crippen molar-refractivity contribution in [3.05, 3.63) is 0 Å². The van der Waals surface area contributed by atoms with Crippen molar-refractivity contribution in [2.24, 2.45) is 5.41 Å². The van der Waals surface area contributed by atoms with Crippen LogP contribution in [0.3, 0.4) is 0 Å².